The molecule has 1 aromatic carbocycles. The molecule has 4 fully saturated rings. The highest BCUT2D eigenvalue weighted by atomic mass is 35.5. The zero-order valence-electron chi connectivity index (χ0n) is 16.5. The van der Waals surface area contributed by atoms with Gasteiger partial charge >= 0.3 is 0 Å². The number of amides is 2. The fraction of sp³-hybridized carbons (Fsp3) is 0.619. The summed E-state index contributed by atoms with van der Waals surface area (Å²) >= 11 is 5.65. The van der Waals surface area contributed by atoms with Crippen LogP contribution < -0.4 is 15.4 Å². The van der Waals surface area contributed by atoms with Gasteiger partial charge in [0.25, 0.3) is 5.91 Å². The molecule has 0 spiro atoms. The predicted molar refractivity (Wildman–Crippen MR) is 107 cm³/mol. The fourth-order valence-electron chi connectivity index (χ4n) is 4.86. The molecule has 3 saturated carbocycles. The maximum atomic E-state index is 13.5. The number of rotatable bonds is 6. The number of benzene rings is 1. The van der Waals surface area contributed by atoms with E-state index in [2.05, 4.69) is 15.5 Å². The van der Waals surface area contributed by atoms with E-state index in [1.165, 1.54) is 18.2 Å². The molecule has 8 heteroatoms. The van der Waals surface area contributed by atoms with E-state index in [4.69, 9.17) is 16.3 Å². The lowest BCUT2D eigenvalue weighted by Gasteiger charge is -2.51. The maximum Gasteiger partial charge on any atom is 0.258 e. The molecular formula is C21H27ClFN3O3. The number of likely N-dealkylation sites (N-methyl/N-ethyl adjacent to an activating group) is 1. The van der Waals surface area contributed by atoms with Crippen molar-refractivity contribution in [1.82, 2.24) is 15.5 Å². The van der Waals surface area contributed by atoms with Crippen LogP contribution in [0, 0.1) is 17.7 Å². The van der Waals surface area contributed by atoms with Crippen molar-refractivity contribution in [3.63, 3.8) is 0 Å². The fourth-order valence-corrected chi connectivity index (χ4v) is 4.98. The van der Waals surface area contributed by atoms with Crippen molar-refractivity contribution in [1.29, 1.82) is 0 Å². The highest BCUT2D eigenvalue weighted by Gasteiger charge is 2.47. The minimum Gasteiger partial charge on any atom is -0.484 e. The topological polar surface area (TPSA) is 70.7 Å². The zero-order chi connectivity index (χ0) is 20.5. The number of halogens is 2. The smallest absolute Gasteiger partial charge is 0.258 e. The molecule has 3 atom stereocenters. The molecule has 2 bridgehead atoms. The molecule has 3 unspecified atom stereocenters. The van der Waals surface area contributed by atoms with Gasteiger partial charge in [-0.2, -0.15) is 0 Å². The predicted octanol–water partition coefficient (Wildman–Crippen LogP) is 2.35. The van der Waals surface area contributed by atoms with Gasteiger partial charge in [-0.25, -0.2) is 4.39 Å². The van der Waals surface area contributed by atoms with Crippen LogP contribution in [0.15, 0.2) is 18.2 Å². The molecule has 2 N–H and O–H groups in total. The van der Waals surface area contributed by atoms with Crippen LogP contribution in [-0.2, 0) is 9.59 Å². The Labute approximate surface area is 175 Å². The molecule has 1 aromatic rings. The van der Waals surface area contributed by atoms with Gasteiger partial charge in [0, 0.05) is 18.2 Å². The Balaban J connectivity index is 1.27. The van der Waals surface area contributed by atoms with Crippen molar-refractivity contribution in [3.05, 3.63) is 29.0 Å². The lowest BCUT2D eigenvalue weighted by molar-refractivity contribution is -0.128. The molecule has 3 aliphatic carbocycles. The number of carbonyl (C=O) groups excluding carboxylic acids is 2. The van der Waals surface area contributed by atoms with Crippen molar-refractivity contribution in [3.8, 4) is 5.75 Å². The quantitative estimate of drug-likeness (QED) is 0.736. The van der Waals surface area contributed by atoms with Gasteiger partial charge in [0.05, 0.1) is 11.1 Å². The number of nitrogens with zero attached hydrogens (tertiary/aromatic N) is 1. The van der Waals surface area contributed by atoms with Crippen LogP contribution in [0.2, 0.25) is 5.02 Å². The second-order valence-electron chi connectivity index (χ2n) is 8.52. The van der Waals surface area contributed by atoms with Gasteiger partial charge in [0.15, 0.2) is 6.61 Å². The molecular weight excluding hydrogens is 397 g/mol. The zero-order valence-corrected chi connectivity index (χ0v) is 17.3. The number of carbonyl (C=O) groups is 2. The number of hydrogen-bond donors (Lipinski definition) is 2. The Kier molecular flexibility index (Phi) is 5.97. The summed E-state index contributed by atoms with van der Waals surface area (Å²) in [5.41, 5.74) is 0. The van der Waals surface area contributed by atoms with Crippen LogP contribution in [0.25, 0.3) is 0 Å². The Morgan fingerprint density at radius 3 is 2.59 bits per heavy atom. The van der Waals surface area contributed by atoms with Gasteiger partial charge in [-0.15, -0.1) is 0 Å². The average Bonchev–Trinajstić information content (AvgIpc) is 3.07. The third kappa shape index (κ3) is 4.51. The standard InChI is InChI=1S/C21H27ClFN3O3/c1-26-6-2-3-19(26)21(28)25-18-10-17(12-7-13(18)8-12)24-20(27)11-29-14-4-5-15(22)16(23)9-14/h4-5,9,12-13,17-19H,2-3,6-8,10-11H2,1H3,(H,24,27)(H,25,28). The highest BCUT2D eigenvalue weighted by molar-refractivity contribution is 6.30. The molecule has 29 heavy (non-hydrogen) atoms. The van der Waals surface area contributed by atoms with E-state index in [9.17, 15) is 14.0 Å². The normalized spacial score (nSPS) is 31.1. The second-order valence-corrected chi connectivity index (χ2v) is 8.93. The Morgan fingerprint density at radius 2 is 1.93 bits per heavy atom. The SMILES string of the molecule is CN1CCCC1C(=O)NC1CC(NC(=O)COc2ccc(Cl)c(F)c2)C2CC1C2. The van der Waals surface area contributed by atoms with E-state index >= 15 is 0 Å². The van der Waals surface area contributed by atoms with Gasteiger partial charge in [0.1, 0.15) is 11.6 Å². The van der Waals surface area contributed by atoms with Crippen LogP contribution in [-0.4, -0.2) is 55.0 Å². The molecule has 158 valence electrons. The summed E-state index contributed by atoms with van der Waals surface area (Å²) in [5, 5.41) is 6.29. The molecule has 1 aliphatic heterocycles. The summed E-state index contributed by atoms with van der Waals surface area (Å²) in [6.07, 6.45) is 4.77. The van der Waals surface area contributed by atoms with Crippen molar-refractivity contribution in [2.75, 3.05) is 20.2 Å². The number of likely N-dealkylation sites (tertiary alicyclic amines) is 1. The van der Waals surface area contributed by atoms with Crippen LogP contribution in [0.3, 0.4) is 0 Å². The Hall–Kier alpha value is -1.86. The van der Waals surface area contributed by atoms with Crippen LogP contribution in [0.4, 0.5) is 4.39 Å². The number of nitrogens with one attached hydrogen (secondary N) is 2. The van der Waals surface area contributed by atoms with Gasteiger partial charge in [-0.3, -0.25) is 14.5 Å². The first-order valence-electron chi connectivity index (χ1n) is 10.3. The van der Waals surface area contributed by atoms with E-state index in [1.807, 2.05) is 7.05 Å². The van der Waals surface area contributed by atoms with Gasteiger partial charge < -0.3 is 15.4 Å². The molecule has 1 saturated heterocycles. The van der Waals surface area contributed by atoms with Gasteiger partial charge in [0.2, 0.25) is 5.91 Å². The monoisotopic (exact) mass is 423 g/mol. The summed E-state index contributed by atoms with van der Waals surface area (Å²) in [7, 11) is 1.99. The molecule has 0 aromatic heterocycles. The van der Waals surface area contributed by atoms with Crippen molar-refractivity contribution in [2.45, 2.75) is 50.2 Å². The van der Waals surface area contributed by atoms with Gasteiger partial charge in [-0.1, -0.05) is 11.6 Å². The van der Waals surface area contributed by atoms with Gasteiger partial charge in [-0.05, 0) is 69.7 Å². The van der Waals surface area contributed by atoms with E-state index in [0.717, 1.165) is 38.6 Å². The van der Waals surface area contributed by atoms with E-state index < -0.39 is 5.82 Å². The van der Waals surface area contributed by atoms with E-state index in [-0.39, 0.29) is 47.3 Å². The van der Waals surface area contributed by atoms with Crippen molar-refractivity contribution < 1.29 is 18.7 Å². The summed E-state index contributed by atoms with van der Waals surface area (Å²) in [6, 6.07) is 4.20. The molecule has 2 amide bonds. The summed E-state index contributed by atoms with van der Waals surface area (Å²) in [4.78, 5) is 27.1. The minimum absolute atomic E-state index is 0.0143. The van der Waals surface area contributed by atoms with E-state index in [0.29, 0.717) is 11.8 Å². The van der Waals surface area contributed by atoms with Crippen LogP contribution >= 0.6 is 11.6 Å². The average molecular weight is 424 g/mol. The molecule has 5 rings (SSSR count). The third-order valence-electron chi connectivity index (χ3n) is 6.62. The van der Waals surface area contributed by atoms with Crippen LogP contribution in [0.1, 0.15) is 32.1 Å². The molecule has 0 radical (unpaired) electrons. The molecule has 1 heterocycles. The summed E-state index contributed by atoms with van der Waals surface area (Å²) in [6.45, 7) is 0.780. The number of ether oxygens (including phenoxy) is 1. The summed E-state index contributed by atoms with van der Waals surface area (Å²) < 4.78 is 18.8. The lowest BCUT2D eigenvalue weighted by atomic mass is 9.60. The first kappa shape index (κ1) is 20.4. The summed E-state index contributed by atoms with van der Waals surface area (Å²) in [5.74, 6) is 0.523. The maximum absolute atomic E-state index is 13.5. The first-order valence-corrected chi connectivity index (χ1v) is 10.7. The molecule has 4 aliphatic rings. The van der Waals surface area contributed by atoms with E-state index in [1.54, 1.807) is 0 Å². The second kappa shape index (κ2) is 8.48. The van der Waals surface area contributed by atoms with Crippen molar-refractivity contribution in [2.24, 2.45) is 11.8 Å². The lowest BCUT2D eigenvalue weighted by Crippen LogP contribution is -2.61. The number of hydrogen-bond acceptors (Lipinski definition) is 4. The molecule has 6 nitrogen and oxygen atoms in total. The number of fused-ring (bicyclic) bond motifs is 2. The Bertz CT molecular complexity index is 786. The Morgan fingerprint density at radius 1 is 1.21 bits per heavy atom. The minimum atomic E-state index is -0.580. The first-order chi connectivity index (χ1) is 13.9. The largest absolute Gasteiger partial charge is 0.484 e. The van der Waals surface area contributed by atoms with Crippen molar-refractivity contribution >= 4 is 23.4 Å². The van der Waals surface area contributed by atoms with Crippen LogP contribution in [0.5, 0.6) is 5.75 Å². The highest BCUT2D eigenvalue weighted by Crippen LogP contribution is 2.45. The third-order valence-corrected chi connectivity index (χ3v) is 6.92.